The summed E-state index contributed by atoms with van der Waals surface area (Å²) in [6, 6.07) is 0. The van der Waals surface area contributed by atoms with Crippen LogP contribution in [-0.4, -0.2) is 27.6 Å². The van der Waals surface area contributed by atoms with Gasteiger partial charge < -0.3 is 0 Å². The zero-order valence-electron chi connectivity index (χ0n) is 13.0. The van der Waals surface area contributed by atoms with Crippen molar-refractivity contribution in [2.24, 2.45) is 0 Å². The zero-order valence-corrected chi connectivity index (χ0v) is 15.9. The van der Waals surface area contributed by atoms with Crippen molar-refractivity contribution in [1.82, 2.24) is 0 Å². The molecule has 0 aliphatic rings. The molecule has 1 nitrogen and oxygen atoms in total. The number of hydrogen-bond donors (Lipinski definition) is 1. The molecule has 0 saturated carbocycles. The molecule has 0 rings (SSSR count). The van der Waals surface area contributed by atoms with Gasteiger partial charge in [-0.05, 0) is 0 Å². The fourth-order valence-corrected chi connectivity index (χ4v) is 18.2. The molecule has 1 atom stereocenters. The van der Waals surface area contributed by atoms with E-state index in [1.807, 2.05) is 6.92 Å². The molecule has 0 aliphatic carbocycles. The first-order chi connectivity index (χ1) is 8.66. The van der Waals surface area contributed by atoms with Gasteiger partial charge in [0.15, 0.2) is 0 Å². The van der Waals surface area contributed by atoms with Gasteiger partial charge in [0.25, 0.3) is 0 Å². The van der Waals surface area contributed by atoms with Crippen molar-refractivity contribution in [3.8, 4) is 0 Å². The van der Waals surface area contributed by atoms with E-state index in [1.165, 1.54) is 51.8 Å². The second kappa shape index (κ2) is 11.3. The number of aliphatic hydroxyl groups excluding tert-OH is 1. The van der Waals surface area contributed by atoms with Crippen LogP contribution in [0, 0.1) is 0 Å². The summed E-state index contributed by atoms with van der Waals surface area (Å²) >= 11 is -2.36. The van der Waals surface area contributed by atoms with E-state index < -0.39 is 18.4 Å². The first-order valence-corrected chi connectivity index (χ1v) is 15.7. The minimum atomic E-state index is -2.36. The van der Waals surface area contributed by atoms with Gasteiger partial charge in [-0.25, -0.2) is 0 Å². The van der Waals surface area contributed by atoms with Crippen molar-refractivity contribution in [3.63, 3.8) is 0 Å². The molecule has 0 bridgehead atoms. The van der Waals surface area contributed by atoms with Crippen LogP contribution >= 0.6 is 0 Å². The Labute approximate surface area is 119 Å². The predicted molar refractivity (Wildman–Crippen MR) is 85.7 cm³/mol. The standard InChI is InChI=1S/C4H7O.3C4H9.Sn/c1-2-3-4-5;3*1-3-4-2;/h2-5H,1H3;3*1,3-4H2,2H3;/b3-2+;;;;. The van der Waals surface area contributed by atoms with Crippen molar-refractivity contribution in [2.75, 3.05) is 0 Å². The van der Waals surface area contributed by atoms with E-state index in [0.29, 0.717) is 0 Å². The SMILES string of the molecule is C/C=C/[CH](O)[Sn]([CH2]CCC)([CH2]CCC)[CH2]CCC. The number of aliphatic hydroxyl groups is 1. The molecular weight excluding hydrogens is 327 g/mol. The molecule has 108 valence electrons. The van der Waals surface area contributed by atoms with E-state index in [2.05, 4.69) is 32.9 Å². The first kappa shape index (κ1) is 18.5. The first-order valence-electron chi connectivity index (χ1n) is 7.97. The summed E-state index contributed by atoms with van der Waals surface area (Å²) in [5.41, 5.74) is 0. The van der Waals surface area contributed by atoms with Crippen molar-refractivity contribution >= 4 is 18.4 Å². The number of allylic oxidation sites excluding steroid dienone is 1. The summed E-state index contributed by atoms with van der Waals surface area (Å²) in [7, 11) is 0. The number of hydrogen-bond acceptors (Lipinski definition) is 1. The Morgan fingerprint density at radius 2 is 1.28 bits per heavy atom. The number of rotatable bonds is 11. The van der Waals surface area contributed by atoms with Crippen LogP contribution in [0.15, 0.2) is 12.2 Å². The van der Waals surface area contributed by atoms with Crippen molar-refractivity contribution in [1.29, 1.82) is 0 Å². The molecule has 2 heteroatoms. The van der Waals surface area contributed by atoms with E-state index in [-0.39, 0.29) is 4.12 Å². The van der Waals surface area contributed by atoms with Crippen molar-refractivity contribution < 1.29 is 5.11 Å². The Morgan fingerprint density at radius 3 is 1.56 bits per heavy atom. The van der Waals surface area contributed by atoms with Gasteiger partial charge in [0.05, 0.1) is 0 Å². The van der Waals surface area contributed by atoms with Crippen LogP contribution in [0.25, 0.3) is 0 Å². The van der Waals surface area contributed by atoms with Gasteiger partial charge in [-0.2, -0.15) is 0 Å². The summed E-state index contributed by atoms with van der Waals surface area (Å²) in [5, 5.41) is 10.6. The molecule has 0 radical (unpaired) electrons. The molecule has 0 aromatic rings. The van der Waals surface area contributed by atoms with E-state index in [1.54, 1.807) is 0 Å². The summed E-state index contributed by atoms with van der Waals surface area (Å²) in [5.74, 6) is 0. The average Bonchev–Trinajstić information content (AvgIpc) is 2.38. The topological polar surface area (TPSA) is 20.2 Å². The molecular formula is C16H34OSn. The summed E-state index contributed by atoms with van der Waals surface area (Å²) < 4.78 is 4.11. The van der Waals surface area contributed by atoms with Crippen LogP contribution in [-0.2, 0) is 0 Å². The van der Waals surface area contributed by atoms with Gasteiger partial charge in [0.1, 0.15) is 0 Å². The van der Waals surface area contributed by atoms with Crippen LogP contribution in [0.1, 0.15) is 66.2 Å². The second-order valence-corrected chi connectivity index (χ2v) is 19.4. The molecule has 0 amide bonds. The Morgan fingerprint density at radius 1 is 0.889 bits per heavy atom. The Balaban J connectivity index is 4.83. The van der Waals surface area contributed by atoms with E-state index in [4.69, 9.17) is 0 Å². The minimum absolute atomic E-state index is 0.0473. The Hall–Kier alpha value is 0.499. The second-order valence-electron chi connectivity index (χ2n) is 5.64. The van der Waals surface area contributed by atoms with Crippen molar-refractivity contribution in [2.45, 2.75) is 83.6 Å². The molecule has 18 heavy (non-hydrogen) atoms. The average molecular weight is 361 g/mol. The van der Waals surface area contributed by atoms with Crippen LogP contribution < -0.4 is 0 Å². The van der Waals surface area contributed by atoms with Crippen LogP contribution in [0.5, 0.6) is 0 Å². The van der Waals surface area contributed by atoms with Gasteiger partial charge in [0.2, 0.25) is 0 Å². The fourth-order valence-electron chi connectivity index (χ4n) is 2.79. The van der Waals surface area contributed by atoms with Crippen LogP contribution in [0.2, 0.25) is 13.3 Å². The molecule has 0 aromatic carbocycles. The fraction of sp³-hybridized carbons (Fsp3) is 0.875. The maximum atomic E-state index is 10.6. The third kappa shape index (κ3) is 6.60. The Kier molecular flexibility index (Phi) is 11.6. The van der Waals surface area contributed by atoms with E-state index in [0.717, 1.165) is 0 Å². The molecule has 0 aromatic heterocycles. The molecule has 0 fully saturated rings. The molecule has 0 aliphatic heterocycles. The van der Waals surface area contributed by atoms with E-state index in [9.17, 15) is 5.11 Å². The molecule has 0 spiro atoms. The third-order valence-corrected chi connectivity index (χ3v) is 19.8. The van der Waals surface area contributed by atoms with Gasteiger partial charge in [-0.3, -0.25) is 0 Å². The Bertz CT molecular complexity index is 191. The quantitative estimate of drug-likeness (QED) is 0.391. The molecule has 0 heterocycles. The van der Waals surface area contributed by atoms with Gasteiger partial charge in [0, 0.05) is 0 Å². The number of unbranched alkanes of at least 4 members (excludes halogenated alkanes) is 3. The molecule has 1 unspecified atom stereocenters. The van der Waals surface area contributed by atoms with Gasteiger partial charge >= 0.3 is 119 Å². The van der Waals surface area contributed by atoms with E-state index >= 15 is 0 Å². The van der Waals surface area contributed by atoms with Gasteiger partial charge in [-0.15, -0.1) is 0 Å². The van der Waals surface area contributed by atoms with Crippen LogP contribution in [0.4, 0.5) is 0 Å². The summed E-state index contributed by atoms with van der Waals surface area (Å²) in [6.07, 6.45) is 12.0. The van der Waals surface area contributed by atoms with Crippen molar-refractivity contribution in [3.05, 3.63) is 12.2 Å². The summed E-state index contributed by atoms with van der Waals surface area (Å²) in [6.45, 7) is 8.87. The van der Waals surface area contributed by atoms with Gasteiger partial charge in [-0.1, -0.05) is 0 Å². The maximum absolute atomic E-state index is 10.6. The molecule has 0 saturated heterocycles. The summed E-state index contributed by atoms with van der Waals surface area (Å²) in [4.78, 5) is 0. The normalized spacial score (nSPS) is 14.3. The predicted octanol–water partition coefficient (Wildman–Crippen LogP) is 5.31. The molecule has 1 N–H and O–H groups in total. The van der Waals surface area contributed by atoms with Crippen LogP contribution in [0.3, 0.4) is 0 Å². The monoisotopic (exact) mass is 362 g/mol. The third-order valence-electron chi connectivity index (χ3n) is 4.09. The zero-order chi connectivity index (χ0) is 13.9.